The van der Waals surface area contributed by atoms with Crippen LogP contribution < -0.4 is 10.6 Å². The molecule has 0 saturated carbocycles. The van der Waals surface area contributed by atoms with Crippen molar-refractivity contribution in [1.29, 1.82) is 0 Å². The third kappa shape index (κ3) is 5.40. The van der Waals surface area contributed by atoms with E-state index in [-0.39, 0.29) is 11.8 Å². The maximum atomic E-state index is 12.4. The van der Waals surface area contributed by atoms with Crippen molar-refractivity contribution < 1.29 is 4.79 Å². The topological polar surface area (TPSA) is 41.1 Å². The fourth-order valence-corrected chi connectivity index (χ4v) is 3.51. The molecular formula is C18H27BrN2O. The molecular weight excluding hydrogens is 340 g/mol. The van der Waals surface area contributed by atoms with Gasteiger partial charge in [0.15, 0.2) is 0 Å². The lowest BCUT2D eigenvalue weighted by Gasteiger charge is -2.23. The summed E-state index contributed by atoms with van der Waals surface area (Å²) in [5.74, 6) is 0.975. The van der Waals surface area contributed by atoms with Gasteiger partial charge in [-0.2, -0.15) is 0 Å². The van der Waals surface area contributed by atoms with Gasteiger partial charge in [-0.1, -0.05) is 41.1 Å². The molecule has 1 aromatic rings. The zero-order valence-electron chi connectivity index (χ0n) is 13.4. The summed E-state index contributed by atoms with van der Waals surface area (Å²) < 4.78 is 1.09. The largest absolute Gasteiger partial charge is 0.356 e. The summed E-state index contributed by atoms with van der Waals surface area (Å²) in [6, 6.07) is 8.16. The van der Waals surface area contributed by atoms with Gasteiger partial charge in [0, 0.05) is 16.9 Å². The van der Waals surface area contributed by atoms with Gasteiger partial charge in [0.2, 0.25) is 5.91 Å². The smallest absolute Gasteiger partial charge is 0.223 e. The number of piperidine rings is 1. The minimum atomic E-state index is 0.0585. The van der Waals surface area contributed by atoms with E-state index in [1.54, 1.807) is 0 Å². The summed E-state index contributed by atoms with van der Waals surface area (Å²) in [5.41, 5.74) is 1.21. The van der Waals surface area contributed by atoms with E-state index in [1.807, 2.05) is 18.2 Å². The Bertz CT molecular complexity index is 472. The average Bonchev–Trinajstić information content (AvgIpc) is 2.55. The number of nitrogens with one attached hydrogen (secondary N) is 2. The van der Waals surface area contributed by atoms with Gasteiger partial charge < -0.3 is 10.6 Å². The fraction of sp³-hybridized carbons (Fsp3) is 0.611. The Labute approximate surface area is 142 Å². The molecule has 1 aromatic carbocycles. The summed E-state index contributed by atoms with van der Waals surface area (Å²) >= 11 is 3.57. The molecule has 0 radical (unpaired) electrons. The predicted molar refractivity (Wildman–Crippen MR) is 94.8 cm³/mol. The molecule has 1 fully saturated rings. The van der Waals surface area contributed by atoms with Crippen molar-refractivity contribution in [3.8, 4) is 0 Å². The van der Waals surface area contributed by atoms with Crippen molar-refractivity contribution in [2.24, 2.45) is 11.8 Å². The predicted octanol–water partition coefficient (Wildman–Crippen LogP) is 3.52. The first kappa shape index (κ1) is 17.5. The number of amides is 1. The minimum absolute atomic E-state index is 0.0585. The Morgan fingerprint density at radius 2 is 2.27 bits per heavy atom. The van der Waals surface area contributed by atoms with Crippen LogP contribution in [-0.4, -0.2) is 25.5 Å². The van der Waals surface area contributed by atoms with Gasteiger partial charge in [0.1, 0.15) is 0 Å². The van der Waals surface area contributed by atoms with Crippen LogP contribution in [0.2, 0.25) is 0 Å². The van der Waals surface area contributed by atoms with Gasteiger partial charge in [-0.05, 0) is 62.7 Å². The first-order valence-corrected chi connectivity index (χ1v) is 9.21. The summed E-state index contributed by atoms with van der Waals surface area (Å²) in [4.78, 5) is 12.4. The molecule has 3 nitrogen and oxygen atoms in total. The molecule has 0 aromatic heterocycles. The number of rotatable bonds is 7. The molecule has 4 heteroatoms. The molecule has 0 spiro atoms. The Balaban J connectivity index is 1.77. The number of carbonyl (C=O) groups excluding carboxylic acids is 1. The fourth-order valence-electron chi connectivity index (χ4n) is 3.07. The van der Waals surface area contributed by atoms with Gasteiger partial charge >= 0.3 is 0 Å². The lowest BCUT2D eigenvalue weighted by molar-refractivity contribution is -0.125. The normalized spacial score (nSPS) is 19.6. The zero-order chi connectivity index (χ0) is 15.8. The van der Waals surface area contributed by atoms with Gasteiger partial charge in [-0.15, -0.1) is 0 Å². The maximum Gasteiger partial charge on any atom is 0.223 e. The second-order valence-electron chi connectivity index (χ2n) is 6.19. The van der Waals surface area contributed by atoms with E-state index in [1.165, 1.54) is 18.4 Å². The van der Waals surface area contributed by atoms with Crippen molar-refractivity contribution in [3.63, 3.8) is 0 Å². The van der Waals surface area contributed by atoms with E-state index in [9.17, 15) is 4.79 Å². The molecule has 2 rings (SSSR count). The Hall–Kier alpha value is -0.870. The molecule has 2 atom stereocenters. The number of halogens is 1. The van der Waals surface area contributed by atoms with Gasteiger partial charge in [-0.3, -0.25) is 4.79 Å². The second-order valence-corrected chi connectivity index (χ2v) is 7.05. The van der Waals surface area contributed by atoms with E-state index in [0.717, 1.165) is 49.3 Å². The van der Waals surface area contributed by atoms with Crippen molar-refractivity contribution in [2.45, 2.75) is 39.0 Å². The molecule has 1 saturated heterocycles. The first-order valence-electron chi connectivity index (χ1n) is 8.42. The van der Waals surface area contributed by atoms with E-state index in [4.69, 9.17) is 0 Å². The van der Waals surface area contributed by atoms with Crippen LogP contribution in [0.25, 0.3) is 0 Å². The molecule has 1 aliphatic heterocycles. The van der Waals surface area contributed by atoms with Crippen LogP contribution in [0, 0.1) is 11.8 Å². The number of carbonyl (C=O) groups is 1. The number of benzene rings is 1. The SMILES string of the molecule is CCC(Cc1ccccc1Br)C(=O)NCCC1CCCNC1. The van der Waals surface area contributed by atoms with E-state index in [2.05, 4.69) is 39.6 Å². The Kier molecular flexibility index (Phi) is 7.40. The highest BCUT2D eigenvalue weighted by atomic mass is 79.9. The average molecular weight is 367 g/mol. The van der Waals surface area contributed by atoms with Crippen LogP contribution in [0.15, 0.2) is 28.7 Å². The van der Waals surface area contributed by atoms with E-state index in [0.29, 0.717) is 0 Å². The van der Waals surface area contributed by atoms with Crippen LogP contribution in [-0.2, 0) is 11.2 Å². The van der Waals surface area contributed by atoms with E-state index < -0.39 is 0 Å². The third-order valence-corrected chi connectivity index (χ3v) is 5.31. The molecule has 0 bridgehead atoms. The molecule has 22 heavy (non-hydrogen) atoms. The molecule has 122 valence electrons. The third-order valence-electron chi connectivity index (χ3n) is 4.54. The van der Waals surface area contributed by atoms with Crippen LogP contribution in [0.3, 0.4) is 0 Å². The summed E-state index contributed by atoms with van der Waals surface area (Å²) in [6.45, 7) is 5.14. The van der Waals surface area contributed by atoms with Gasteiger partial charge in [-0.25, -0.2) is 0 Å². The van der Waals surface area contributed by atoms with Crippen molar-refractivity contribution >= 4 is 21.8 Å². The highest BCUT2D eigenvalue weighted by Gasteiger charge is 2.19. The first-order chi connectivity index (χ1) is 10.7. The van der Waals surface area contributed by atoms with Gasteiger partial charge in [0.25, 0.3) is 0 Å². The van der Waals surface area contributed by atoms with Crippen molar-refractivity contribution in [3.05, 3.63) is 34.3 Å². The molecule has 0 aliphatic carbocycles. The minimum Gasteiger partial charge on any atom is -0.356 e. The zero-order valence-corrected chi connectivity index (χ0v) is 15.0. The van der Waals surface area contributed by atoms with E-state index >= 15 is 0 Å². The monoisotopic (exact) mass is 366 g/mol. The van der Waals surface area contributed by atoms with Crippen LogP contribution in [0.1, 0.15) is 38.2 Å². The Morgan fingerprint density at radius 3 is 2.95 bits per heavy atom. The summed E-state index contributed by atoms with van der Waals surface area (Å²) in [5, 5.41) is 6.57. The standard InChI is InChI=1S/C18H27BrN2O/c1-2-15(12-16-7-3-4-8-17(16)19)18(22)21-11-9-14-6-5-10-20-13-14/h3-4,7-8,14-15,20H,2,5-6,9-13H2,1H3,(H,21,22). The lowest BCUT2D eigenvalue weighted by atomic mass is 9.94. The van der Waals surface area contributed by atoms with Crippen molar-refractivity contribution in [1.82, 2.24) is 10.6 Å². The lowest BCUT2D eigenvalue weighted by Crippen LogP contribution is -2.35. The molecule has 1 aliphatic rings. The van der Waals surface area contributed by atoms with Crippen molar-refractivity contribution in [2.75, 3.05) is 19.6 Å². The maximum absolute atomic E-state index is 12.4. The van der Waals surface area contributed by atoms with Crippen LogP contribution >= 0.6 is 15.9 Å². The molecule has 1 heterocycles. The van der Waals surface area contributed by atoms with Gasteiger partial charge in [0.05, 0.1) is 0 Å². The quantitative estimate of drug-likeness (QED) is 0.774. The molecule has 2 unspecified atom stereocenters. The number of hydrogen-bond donors (Lipinski definition) is 2. The molecule has 1 amide bonds. The Morgan fingerprint density at radius 1 is 1.45 bits per heavy atom. The summed E-state index contributed by atoms with van der Waals surface area (Å²) in [7, 11) is 0. The highest BCUT2D eigenvalue weighted by molar-refractivity contribution is 9.10. The highest BCUT2D eigenvalue weighted by Crippen LogP contribution is 2.21. The molecule has 2 N–H and O–H groups in total. The second kappa shape index (κ2) is 9.31. The van der Waals surface area contributed by atoms with Crippen LogP contribution in [0.4, 0.5) is 0 Å². The summed E-state index contributed by atoms with van der Waals surface area (Å²) in [6.07, 6.45) is 5.31. The number of hydrogen-bond acceptors (Lipinski definition) is 2. The van der Waals surface area contributed by atoms with Crippen LogP contribution in [0.5, 0.6) is 0 Å².